The van der Waals surface area contributed by atoms with E-state index >= 15 is 0 Å². The summed E-state index contributed by atoms with van der Waals surface area (Å²) in [6.07, 6.45) is 22.4. The zero-order valence-corrected chi connectivity index (χ0v) is 59.7. The van der Waals surface area contributed by atoms with Crippen LogP contribution in [0.5, 0.6) is 0 Å². The first-order valence-electron chi connectivity index (χ1n) is 38.2. The maximum atomic E-state index is 14.7. The molecule has 4 aliphatic heterocycles. The minimum atomic E-state index is -0.368. The summed E-state index contributed by atoms with van der Waals surface area (Å²) in [6.45, 7) is 9.92. The highest BCUT2D eigenvalue weighted by Gasteiger charge is 2.42. The molecule has 0 aliphatic carbocycles. The molecule has 0 fully saturated rings. The van der Waals surface area contributed by atoms with E-state index < -0.39 is 0 Å². The number of unbranched alkanes of at least 4 members (excludes halogenated alkanes) is 14. The number of aromatic nitrogens is 3. The van der Waals surface area contributed by atoms with E-state index in [4.69, 9.17) is 5.73 Å². The SMILES string of the molecule is CCCCCCC(CCCCCC)N1C(=O)c2ccc3c4ccc5c6c(ccc(c7ccc(c2c37)C1=O)c64)C(=O)N(CCCCNc1nc(N)nc(NCCCCN2C(=O)c3ccc4c6ccc7c8c(ccc(c9ccc(c3c49)C2=O)c86)C(=O)N(C(CCCCCC)CCCCCC)C7=O)n1)C5=O. The average Bonchev–Trinajstić information content (AvgIpc) is 0.696. The number of nitrogens with zero attached hydrogens (tertiary/aromatic N) is 7. The largest absolute Gasteiger partial charge is 0.368 e. The molecule has 0 bridgehead atoms. The molecule has 0 saturated carbocycles. The molecule has 10 aromatic carbocycles. The number of amides is 8. The maximum Gasteiger partial charge on any atom is 0.261 e. The summed E-state index contributed by atoms with van der Waals surface area (Å²) >= 11 is 0. The number of nitrogens with two attached hydrogens (primary N) is 1. The zero-order valence-electron chi connectivity index (χ0n) is 59.7. The van der Waals surface area contributed by atoms with Crippen LogP contribution in [0.4, 0.5) is 17.8 Å². The first kappa shape index (κ1) is 68.5. The highest BCUT2D eigenvalue weighted by Crippen LogP contribution is 2.49. The van der Waals surface area contributed by atoms with Crippen molar-refractivity contribution < 1.29 is 38.4 Å². The summed E-state index contributed by atoms with van der Waals surface area (Å²) < 4.78 is 0. The van der Waals surface area contributed by atoms with Crippen LogP contribution in [0.15, 0.2) is 97.1 Å². The van der Waals surface area contributed by atoms with Gasteiger partial charge in [-0.25, -0.2) is 0 Å². The van der Waals surface area contributed by atoms with Crippen LogP contribution in [0.1, 0.15) is 265 Å². The lowest BCUT2D eigenvalue weighted by molar-refractivity contribution is 0.0501. The van der Waals surface area contributed by atoms with Crippen molar-refractivity contribution >= 4 is 151 Å². The van der Waals surface area contributed by atoms with Crippen molar-refractivity contribution in [1.29, 1.82) is 0 Å². The van der Waals surface area contributed by atoms with Crippen molar-refractivity contribution in [3.05, 3.63) is 142 Å². The molecule has 18 heteroatoms. The molecule has 18 nitrogen and oxygen atoms in total. The fourth-order valence-electron chi connectivity index (χ4n) is 17.5. The molecular weight excluding hydrogens is 1290 g/mol. The molecule has 0 unspecified atom stereocenters. The number of benzene rings is 10. The predicted octanol–water partition coefficient (Wildman–Crippen LogP) is 18.3. The number of rotatable bonds is 34. The molecule has 0 saturated heterocycles. The number of carbonyl (C=O) groups is 8. The van der Waals surface area contributed by atoms with Crippen molar-refractivity contribution in [1.82, 2.24) is 34.6 Å². The monoisotopic (exact) mass is 1380 g/mol. The first-order chi connectivity index (χ1) is 50.3. The van der Waals surface area contributed by atoms with Gasteiger partial charge in [-0.2, -0.15) is 15.0 Å². The van der Waals surface area contributed by atoms with Crippen LogP contribution in [0, 0.1) is 0 Å². The number of anilines is 3. The third-order valence-corrected chi connectivity index (χ3v) is 22.6. The van der Waals surface area contributed by atoms with Crippen molar-refractivity contribution in [2.24, 2.45) is 0 Å². The van der Waals surface area contributed by atoms with Crippen LogP contribution in [0.2, 0.25) is 0 Å². The first-order valence-corrected chi connectivity index (χ1v) is 38.2. The summed E-state index contributed by atoms with van der Waals surface area (Å²) in [6, 6.07) is 30.0. The van der Waals surface area contributed by atoms with E-state index in [0.717, 1.165) is 193 Å². The van der Waals surface area contributed by atoms with Gasteiger partial charge in [-0.1, -0.05) is 179 Å². The van der Waals surface area contributed by atoms with Crippen molar-refractivity contribution in [3.63, 3.8) is 0 Å². The zero-order chi connectivity index (χ0) is 71.3. The van der Waals surface area contributed by atoms with Crippen molar-refractivity contribution in [2.45, 2.75) is 194 Å². The summed E-state index contributed by atoms with van der Waals surface area (Å²) in [5, 5.41) is 19.1. The lowest BCUT2D eigenvalue weighted by Crippen LogP contribution is -2.47. The van der Waals surface area contributed by atoms with Crippen LogP contribution in [-0.2, 0) is 0 Å². The smallest absolute Gasteiger partial charge is 0.261 e. The molecule has 15 rings (SSSR count). The second-order valence-electron chi connectivity index (χ2n) is 29.1. The number of nitrogen functional groups attached to an aromatic ring is 1. The molecule has 103 heavy (non-hydrogen) atoms. The number of hydrogen-bond donors (Lipinski definition) is 3. The molecule has 4 N–H and O–H groups in total. The van der Waals surface area contributed by atoms with Gasteiger partial charge < -0.3 is 16.4 Å². The molecule has 11 aromatic rings. The van der Waals surface area contributed by atoms with Crippen LogP contribution in [0.3, 0.4) is 0 Å². The quantitative estimate of drug-likeness (QED) is 0.0147. The molecule has 5 heterocycles. The Morgan fingerprint density at radius 2 is 0.534 bits per heavy atom. The van der Waals surface area contributed by atoms with Crippen molar-refractivity contribution in [3.8, 4) is 0 Å². The summed E-state index contributed by atoms with van der Waals surface area (Å²) in [7, 11) is 0. The standard InChI is InChI=1S/C85H90N10O8/c1-5-9-13-17-25-49(26-18-14-10-6-2)94-79(100)63-41-33-55-51-29-37-59-71-60(38-30-52(67(51)71)56-34-42-64(80(94)101)73(63)69(55)56)76(97)92(75(59)96)47-23-21-45-87-84-89-83(86)90-85(91-84)88-46-22-24-48-93-77(98)61-39-31-53-57-35-43-65-74-66(44-36-58(70(57)74)54-32-40-62(78(93)99)72(61)68(53)54)82(103)95(81(65)102)50(27-19-15-11-7-3)28-20-16-12-8-4/h29-44,49-50H,5-28,45-48H2,1-4H3,(H4,86,87,88,89,90,91). The number of carbonyl (C=O) groups excluding carboxylic acids is 8. The van der Waals surface area contributed by atoms with Gasteiger partial charge in [0.25, 0.3) is 47.3 Å². The normalized spacial score (nSPS) is 14.6. The summed E-state index contributed by atoms with van der Waals surface area (Å²) in [5.74, 6) is -1.92. The van der Waals surface area contributed by atoms with E-state index in [9.17, 15) is 38.4 Å². The molecule has 0 radical (unpaired) electrons. The number of nitrogens with one attached hydrogen (secondary N) is 2. The third kappa shape index (κ3) is 11.9. The highest BCUT2D eigenvalue weighted by molar-refractivity contribution is 6.43. The highest BCUT2D eigenvalue weighted by atomic mass is 16.2. The van der Waals surface area contributed by atoms with Gasteiger partial charge in [0.15, 0.2) is 0 Å². The van der Waals surface area contributed by atoms with E-state index in [1.54, 1.807) is 34.1 Å². The predicted molar refractivity (Wildman–Crippen MR) is 409 cm³/mol. The number of imide groups is 4. The van der Waals surface area contributed by atoms with E-state index in [1.807, 2.05) is 72.8 Å². The molecule has 8 amide bonds. The van der Waals surface area contributed by atoms with Gasteiger partial charge >= 0.3 is 0 Å². The topological polar surface area (TPSA) is 238 Å². The van der Waals surface area contributed by atoms with Gasteiger partial charge in [-0.05, 0) is 165 Å². The Morgan fingerprint density at radius 3 is 0.777 bits per heavy atom. The average molecular weight is 1380 g/mol. The van der Waals surface area contributed by atoms with E-state index in [1.165, 1.54) is 9.80 Å². The minimum absolute atomic E-state index is 0.00279. The lowest BCUT2D eigenvalue weighted by Gasteiger charge is -2.35. The Hall–Kier alpha value is -10.2. The van der Waals surface area contributed by atoms with Gasteiger partial charge in [0.05, 0.1) is 0 Å². The molecule has 0 atom stereocenters. The van der Waals surface area contributed by atoms with Crippen LogP contribution in [0.25, 0.3) is 86.2 Å². The van der Waals surface area contributed by atoms with Crippen molar-refractivity contribution in [2.75, 3.05) is 42.5 Å². The van der Waals surface area contributed by atoms with E-state index in [-0.39, 0.29) is 90.3 Å². The van der Waals surface area contributed by atoms with Gasteiger partial charge in [0.1, 0.15) is 0 Å². The third-order valence-electron chi connectivity index (χ3n) is 22.6. The molecule has 0 spiro atoms. The minimum Gasteiger partial charge on any atom is -0.368 e. The molecule has 528 valence electrons. The molecule has 1 aromatic heterocycles. The lowest BCUT2D eigenvalue weighted by atomic mass is 9.82. The van der Waals surface area contributed by atoms with Gasteiger partial charge in [0.2, 0.25) is 17.8 Å². The van der Waals surface area contributed by atoms with Crippen LogP contribution >= 0.6 is 0 Å². The second kappa shape index (κ2) is 28.9. The Labute approximate surface area is 599 Å². The van der Waals surface area contributed by atoms with Crippen LogP contribution in [-0.4, -0.2) is 120 Å². The second-order valence-corrected chi connectivity index (χ2v) is 29.1. The van der Waals surface area contributed by atoms with Gasteiger partial charge in [-0.3, -0.25) is 58.0 Å². The Balaban J connectivity index is 0.569. The number of fused-ring (bicyclic) bond motifs is 4. The van der Waals surface area contributed by atoms with E-state index in [2.05, 4.69) is 53.3 Å². The Bertz CT molecular complexity index is 4690. The van der Waals surface area contributed by atoms with Crippen LogP contribution < -0.4 is 16.4 Å². The van der Waals surface area contributed by atoms with Gasteiger partial charge in [0, 0.05) is 104 Å². The Kier molecular flexibility index (Phi) is 19.2. The van der Waals surface area contributed by atoms with Gasteiger partial charge in [-0.15, -0.1) is 0 Å². The Morgan fingerprint density at radius 1 is 0.291 bits per heavy atom. The fourth-order valence-corrected chi connectivity index (χ4v) is 17.5. The fraction of sp³-hybridized carbons (Fsp3) is 0.400. The molecular formula is C85H90N10O8. The summed E-state index contributed by atoms with van der Waals surface area (Å²) in [5.41, 5.74) is 10.1. The maximum absolute atomic E-state index is 14.7. The summed E-state index contributed by atoms with van der Waals surface area (Å²) in [4.78, 5) is 135. The number of hydrogen-bond acceptors (Lipinski definition) is 14. The molecule has 4 aliphatic rings. The van der Waals surface area contributed by atoms with E-state index in [0.29, 0.717) is 105 Å².